The summed E-state index contributed by atoms with van der Waals surface area (Å²) in [6.45, 7) is 3.07. The molecule has 1 aromatic carbocycles. The Hall–Kier alpha value is -1.99. The van der Waals surface area contributed by atoms with Crippen molar-refractivity contribution in [2.45, 2.75) is 19.9 Å². The van der Waals surface area contributed by atoms with E-state index in [1.165, 1.54) is 0 Å². The number of rotatable bonds is 4. The first-order valence-corrected chi connectivity index (χ1v) is 5.96. The highest BCUT2D eigenvalue weighted by Crippen LogP contribution is 2.03. The summed E-state index contributed by atoms with van der Waals surface area (Å²) in [6, 6.07) is 7.49. The Morgan fingerprint density at radius 3 is 2.61 bits per heavy atom. The molecular formula is C14H18N2O2. The lowest BCUT2D eigenvalue weighted by molar-refractivity contribution is 0.241. The molecule has 0 saturated heterocycles. The lowest BCUT2D eigenvalue weighted by Gasteiger charge is -2.05. The molecule has 1 aromatic rings. The summed E-state index contributed by atoms with van der Waals surface area (Å²) >= 11 is 0. The van der Waals surface area contributed by atoms with E-state index in [1.807, 2.05) is 31.2 Å². The highest BCUT2D eigenvalue weighted by atomic mass is 16.2. The molecule has 1 rings (SSSR count). The van der Waals surface area contributed by atoms with E-state index in [2.05, 4.69) is 22.5 Å². The SMILES string of the molecule is CCNC(=O)NCc1ccc(C#CCCO)cc1. The fraction of sp³-hybridized carbons (Fsp3) is 0.357. The number of urea groups is 1. The molecule has 0 fully saturated rings. The van der Waals surface area contributed by atoms with Crippen LogP contribution in [0, 0.1) is 11.8 Å². The van der Waals surface area contributed by atoms with Crippen molar-refractivity contribution in [2.75, 3.05) is 13.2 Å². The first kappa shape index (κ1) is 14.1. The van der Waals surface area contributed by atoms with Crippen molar-refractivity contribution in [3.05, 3.63) is 35.4 Å². The Morgan fingerprint density at radius 1 is 1.28 bits per heavy atom. The molecule has 0 saturated carbocycles. The van der Waals surface area contributed by atoms with Crippen LogP contribution < -0.4 is 10.6 Å². The molecule has 4 heteroatoms. The molecule has 0 atom stereocenters. The second kappa shape index (κ2) is 8.15. The van der Waals surface area contributed by atoms with Gasteiger partial charge >= 0.3 is 6.03 Å². The maximum Gasteiger partial charge on any atom is 0.315 e. The second-order valence-electron chi connectivity index (χ2n) is 3.69. The molecule has 96 valence electrons. The van der Waals surface area contributed by atoms with Crippen LogP contribution >= 0.6 is 0 Å². The van der Waals surface area contributed by atoms with E-state index >= 15 is 0 Å². The summed E-state index contributed by atoms with van der Waals surface area (Å²) in [5, 5.41) is 14.0. The van der Waals surface area contributed by atoms with E-state index in [1.54, 1.807) is 0 Å². The Balaban J connectivity index is 2.46. The van der Waals surface area contributed by atoms with Gasteiger partial charge in [-0.25, -0.2) is 4.79 Å². The van der Waals surface area contributed by atoms with Gasteiger partial charge in [0.05, 0.1) is 6.61 Å². The summed E-state index contributed by atoms with van der Waals surface area (Å²) in [4.78, 5) is 11.2. The molecule has 4 nitrogen and oxygen atoms in total. The van der Waals surface area contributed by atoms with Gasteiger partial charge in [-0.05, 0) is 24.6 Å². The van der Waals surface area contributed by atoms with Crippen LogP contribution in [0.25, 0.3) is 0 Å². The smallest absolute Gasteiger partial charge is 0.315 e. The van der Waals surface area contributed by atoms with Gasteiger partial charge in [-0.1, -0.05) is 24.0 Å². The van der Waals surface area contributed by atoms with Crippen LogP contribution in [0.2, 0.25) is 0 Å². The Labute approximate surface area is 107 Å². The lowest BCUT2D eigenvalue weighted by Crippen LogP contribution is -2.34. The predicted octanol–water partition coefficient (Wildman–Crippen LogP) is 1.24. The molecule has 0 radical (unpaired) electrons. The van der Waals surface area contributed by atoms with Gasteiger partial charge in [0.25, 0.3) is 0 Å². The maximum absolute atomic E-state index is 11.2. The molecule has 3 N–H and O–H groups in total. The van der Waals surface area contributed by atoms with E-state index in [9.17, 15) is 4.79 Å². The molecule has 0 heterocycles. The van der Waals surface area contributed by atoms with Crippen molar-refractivity contribution < 1.29 is 9.90 Å². The van der Waals surface area contributed by atoms with Crippen LogP contribution in [0.4, 0.5) is 4.79 Å². The highest BCUT2D eigenvalue weighted by molar-refractivity contribution is 5.73. The van der Waals surface area contributed by atoms with Crippen molar-refractivity contribution in [2.24, 2.45) is 0 Å². The molecule has 18 heavy (non-hydrogen) atoms. The number of carbonyl (C=O) groups is 1. The van der Waals surface area contributed by atoms with Crippen LogP contribution in [0.3, 0.4) is 0 Å². The highest BCUT2D eigenvalue weighted by Gasteiger charge is 1.97. The molecule has 0 aromatic heterocycles. The number of benzene rings is 1. The van der Waals surface area contributed by atoms with Crippen LogP contribution in [-0.4, -0.2) is 24.3 Å². The van der Waals surface area contributed by atoms with Gasteiger partial charge in [0.2, 0.25) is 0 Å². The number of aliphatic hydroxyl groups excluding tert-OH is 1. The molecule has 0 aliphatic heterocycles. The lowest BCUT2D eigenvalue weighted by atomic mass is 10.1. The van der Waals surface area contributed by atoms with Crippen molar-refractivity contribution in [1.82, 2.24) is 10.6 Å². The van der Waals surface area contributed by atoms with Gasteiger partial charge in [0.15, 0.2) is 0 Å². The minimum Gasteiger partial charge on any atom is -0.395 e. The van der Waals surface area contributed by atoms with Gasteiger partial charge in [0.1, 0.15) is 0 Å². The molecule has 0 bridgehead atoms. The number of amides is 2. The Bertz CT molecular complexity index is 429. The average molecular weight is 246 g/mol. The standard InChI is InChI=1S/C14H18N2O2/c1-2-15-14(18)16-11-13-8-6-12(7-9-13)5-3-4-10-17/h6-9,17H,2,4,10-11H2,1H3,(H2,15,16,18). The number of nitrogens with one attached hydrogen (secondary N) is 2. The number of hydrogen-bond donors (Lipinski definition) is 3. The second-order valence-corrected chi connectivity index (χ2v) is 3.69. The number of hydrogen-bond acceptors (Lipinski definition) is 2. The Kier molecular flexibility index (Phi) is 6.37. The van der Waals surface area contributed by atoms with Crippen molar-refractivity contribution >= 4 is 6.03 Å². The van der Waals surface area contributed by atoms with E-state index in [4.69, 9.17) is 5.11 Å². The summed E-state index contributed by atoms with van der Waals surface area (Å²) in [5.41, 5.74) is 1.93. The normalized spacial score (nSPS) is 9.22. The zero-order valence-corrected chi connectivity index (χ0v) is 10.5. The molecule has 0 unspecified atom stereocenters. The number of carbonyl (C=O) groups excluding carboxylic acids is 1. The number of aliphatic hydroxyl groups is 1. The van der Waals surface area contributed by atoms with Gasteiger partial charge in [-0.15, -0.1) is 0 Å². The molecule has 0 spiro atoms. The van der Waals surface area contributed by atoms with Crippen molar-refractivity contribution in [3.8, 4) is 11.8 Å². The van der Waals surface area contributed by atoms with E-state index < -0.39 is 0 Å². The first-order valence-electron chi connectivity index (χ1n) is 5.96. The maximum atomic E-state index is 11.2. The summed E-state index contributed by atoms with van der Waals surface area (Å²) in [5.74, 6) is 5.81. The topological polar surface area (TPSA) is 61.4 Å². The van der Waals surface area contributed by atoms with Crippen LogP contribution in [0.1, 0.15) is 24.5 Å². The summed E-state index contributed by atoms with van der Waals surface area (Å²) < 4.78 is 0. The minimum absolute atomic E-state index is 0.0849. The zero-order chi connectivity index (χ0) is 13.2. The summed E-state index contributed by atoms with van der Waals surface area (Å²) in [7, 11) is 0. The third-order valence-electron chi connectivity index (χ3n) is 2.21. The fourth-order valence-corrected chi connectivity index (χ4v) is 1.33. The van der Waals surface area contributed by atoms with E-state index in [-0.39, 0.29) is 12.6 Å². The van der Waals surface area contributed by atoms with Gasteiger partial charge in [0, 0.05) is 25.1 Å². The van der Waals surface area contributed by atoms with Crippen LogP contribution in [0.5, 0.6) is 0 Å². The summed E-state index contributed by atoms with van der Waals surface area (Å²) in [6.07, 6.45) is 0.487. The quantitative estimate of drug-likeness (QED) is 0.700. The molecular weight excluding hydrogens is 228 g/mol. The van der Waals surface area contributed by atoms with E-state index in [0.29, 0.717) is 19.5 Å². The largest absolute Gasteiger partial charge is 0.395 e. The molecule has 0 aliphatic rings. The van der Waals surface area contributed by atoms with Crippen molar-refractivity contribution in [3.63, 3.8) is 0 Å². The average Bonchev–Trinajstić information content (AvgIpc) is 2.38. The third-order valence-corrected chi connectivity index (χ3v) is 2.21. The van der Waals surface area contributed by atoms with Crippen LogP contribution in [0.15, 0.2) is 24.3 Å². The van der Waals surface area contributed by atoms with Crippen LogP contribution in [-0.2, 0) is 6.54 Å². The van der Waals surface area contributed by atoms with E-state index in [0.717, 1.165) is 11.1 Å². The minimum atomic E-state index is -0.163. The van der Waals surface area contributed by atoms with Gasteiger partial charge in [-0.2, -0.15) is 0 Å². The first-order chi connectivity index (χ1) is 8.76. The van der Waals surface area contributed by atoms with Gasteiger partial charge < -0.3 is 15.7 Å². The van der Waals surface area contributed by atoms with Gasteiger partial charge in [-0.3, -0.25) is 0 Å². The molecule has 0 aliphatic carbocycles. The Morgan fingerprint density at radius 2 is 2.00 bits per heavy atom. The fourth-order valence-electron chi connectivity index (χ4n) is 1.33. The van der Waals surface area contributed by atoms with Crippen molar-refractivity contribution in [1.29, 1.82) is 0 Å². The monoisotopic (exact) mass is 246 g/mol. The third kappa shape index (κ3) is 5.37. The predicted molar refractivity (Wildman–Crippen MR) is 70.9 cm³/mol. The molecule has 2 amide bonds. The zero-order valence-electron chi connectivity index (χ0n) is 10.5.